The van der Waals surface area contributed by atoms with E-state index in [0.717, 1.165) is 31.4 Å². The van der Waals surface area contributed by atoms with Gasteiger partial charge in [-0.3, -0.25) is 0 Å². The number of halogens is 1. The van der Waals surface area contributed by atoms with Gasteiger partial charge in [-0.1, -0.05) is 15.9 Å². The van der Waals surface area contributed by atoms with Gasteiger partial charge < -0.3 is 9.15 Å². The molecule has 0 spiro atoms. The summed E-state index contributed by atoms with van der Waals surface area (Å²) in [5.41, 5.74) is 1.56. The molecule has 1 aliphatic rings. The molecule has 13 heavy (non-hydrogen) atoms. The lowest BCUT2D eigenvalue weighted by molar-refractivity contribution is 0.162. The molecule has 0 saturated carbocycles. The van der Waals surface area contributed by atoms with Crippen LogP contribution in [-0.4, -0.2) is 18.5 Å². The summed E-state index contributed by atoms with van der Waals surface area (Å²) in [5.74, 6) is 0. The summed E-state index contributed by atoms with van der Waals surface area (Å²) in [4.78, 5) is 0. The molecule has 0 bridgehead atoms. The first kappa shape index (κ1) is 9.28. The highest BCUT2D eigenvalue weighted by molar-refractivity contribution is 9.09. The van der Waals surface area contributed by atoms with Crippen molar-refractivity contribution in [3.63, 3.8) is 0 Å². The molecule has 1 fully saturated rings. The van der Waals surface area contributed by atoms with E-state index in [4.69, 9.17) is 9.15 Å². The maximum absolute atomic E-state index is 5.44. The molecule has 1 aromatic rings. The Morgan fingerprint density at radius 3 is 3.00 bits per heavy atom. The minimum Gasteiger partial charge on any atom is -0.472 e. The molecule has 2 nitrogen and oxygen atoms in total. The third-order valence-corrected chi connectivity index (χ3v) is 3.82. The normalized spacial score (nSPS) is 28.1. The highest BCUT2D eigenvalue weighted by Crippen LogP contribution is 2.34. The van der Waals surface area contributed by atoms with E-state index >= 15 is 0 Å². The van der Waals surface area contributed by atoms with E-state index in [1.807, 2.05) is 12.3 Å². The average Bonchev–Trinajstić information content (AvgIpc) is 2.77. The highest BCUT2D eigenvalue weighted by atomic mass is 79.9. The molecule has 0 aromatic carbocycles. The van der Waals surface area contributed by atoms with Crippen LogP contribution in [0.1, 0.15) is 12.0 Å². The SMILES string of the molecule is BrCC1(Cc2ccoc2)CCOC1. The summed E-state index contributed by atoms with van der Waals surface area (Å²) >= 11 is 3.57. The molecule has 0 amide bonds. The third-order valence-electron chi connectivity index (χ3n) is 2.63. The summed E-state index contributed by atoms with van der Waals surface area (Å²) in [5, 5.41) is 1.01. The second kappa shape index (κ2) is 3.84. The van der Waals surface area contributed by atoms with Gasteiger partial charge in [0, 0.05) is 17.4 Å². The molecule has 1 aromatic heterocycles. The number of furan rings is 1. The Balaban J connectivity index is 2.06. The molecular weight excluding hydrogens is 232 g/mol. The molecule has 2 heterocycles. The fourth-order valence-electron chi connectivity index (χ4n) is 1.77. The van der Waals surface area contributed by atoms with Gasteiger partial charge in [0.15, 0.2) is 0 Å². The highest BCUT2D eigenvalue weighted by Gasteiger charge is 2.34. The summed E-state index contributed by atoms with van der Waals surface area (Å²) in [6, 6.07) is 2.03. The van der Waals surface area contributed by atoms with Gasteiger partial charge in [-0.25, -0.2) is 0 Å². The lowest BCUT2D eigenvalue weighted by atomic mass is 9.84. The molecule has 0 radical (unpaired) electrons. The second-order valence-corrected chi connectivity index (χ2v) is 4.31. The third kappa shape index (κ3) is 1.97. The maximum atomic E-state index is 5.44. The Morgan fingerprint density at radius 1 is 1.54 bits per heavy atom. The number of hydrogen-bond donors (Lipinski definition) is 0. The summed E-state index contributed by atoms with van der Waals surface area (Å²) in [7, 11) is 0. The van der Waals surface area contributed by atoms with E-state index in [-0.39, 0.29) is 0 Å². The van der Waals surface area contributed by atoms with Crippen LogP contribution in [0.15, 0.2) is 23.0 Å². The van der Waals surface area contributed by atoms with E-state index in [0.29, 0.717) is 5.41 Å². The molecule has 1 aliphatic heterocycles. The molecule has 72 valence electrons. The molecule has 2 rings (SSSR count). The number of hydrogen-bond acceptors (Lipinski definition) is 2. The Kier molecular flexibility index (Phi) is 2.74. The van der Waals surface area contributed by atoms with Gasteiger partial charge in [-0.05, 0) is 24.5 Å². The van der Waals surface area contributed by atoms with Crippen molar-refractivity contribution in [2.24, 2.45) is 5.41 Å². The van der Waals surface area contributed by atoms with Crippen LogP contribution in [0.5, 0.6) is 0 Å². The van der Waals surface area contributed by atoms with Crippen molar-refractivity contribution < 1.29 is 9.15 Å². The predicted molar refractivity (Wildman–Crippen MR) is 54.1 cm³/mol. The predicted octanol–water partition coefficient (Wildman–Crippen LogP) is 2.62. The van der Waals surface area contributed by atoms with Crippen molar-refractivity contribution in [2.75, 3.05) is 18.5 Å². The van der Waals surface area contributed by atoms with Crippen LogP contribution in [0.4, 0.5) is 0 Å². The van der Waals surface area contributed by atoms with Gasteiger partial charge in [0.2, 0.25) is 0 Å². The van der Waals surface area contributed by atoms with E-state index in [9.17, 15) is 0 Å². The summed E-state index contributed by atoms with van der Waals surface area (Å²) < 4.78 is 10.5. The number of ether oxygens (including phenoxy) is 1. The van der Waals surface area contributed by atoms with Crippen molar-refractivity contribution in [3.8, 4) is 0 Å². The van der Waals surface area contributed by atoms with Crippen LogP contribution in [0.25, 0.3) is 0 Å². The molecule has 0 N–H and O–H groups in total. The van der Waals surface area contributed by atoms with E-state index in [1.165, 1.54) is 5.56 Å². The lowest BCUT2D eigenvalue weighted by Gasteiger charge is -2.23. The van der Waals surface area contributed by atoms with Crippen LogP contribution in [0.3, 0.4) is 0 Å². The van der Waals surface area contributed by atoms with Crippen molar-refractivity contribution >= 4 is 15.9 Å². The van der Waals surface area contributed by atoms with Crippen molar-refractivity contribution in [2.45, 2.75) is 12.8 Å². The smallest absolute Gasteiger partial charge is 0.0934 e. The topological polar surface area (TPSA) is 22.4 Å². The Bertz CT molecular complexity index is 250. The van der Waals surface area contributed by atoms with Crippen molar-refractivity contribution in [1.29, 1.82) is 0 Å². The van der Waals surface area contributed by atoms with Gasteiger partial charge >= 0.3 is 0 Å². The second-order valence-electron chi connectivity index (χ2n) is 3.74. The first-order valence-corrected chi connectivity index (χ1v) is 5.62. The fourth-order valence-corrected chi connectivity index (χ4v) is 2.41. The number of rotatable bonds is 3. The lowest BCUT2D eigenvalue weighted by Crippen LogP contribution is -2.25. The van der Waals surface area contributed by atoms with E-state index in [1.54, 1.807) is 6.26 Å². The Morgan fingerprint density at radius 2 is 2.46 bits per heavy atom. The van der Waals surface area contributed by atoms with Crippen molar-refractivity contribution in [1.82, 2.24) is 0 Å². The summed E-state index contributed by atoms with van der Waals surface area (Å²) in [6.07, 6.45) is 5.74. The fraction of sp³-hybridized carbons (Fsp3) is 0.600. The van der Waals surface area contributed by atoms with Gasteiger partial charge in [0.1, 0.15) is 0 Å². The zero-order chi connectivity index (χ0) is 9.15. The van der Waals surface area contributed by atoms with Crippen molar-refractivity contribution in [3.05, 3.63) is 24.2 Å². The molecule has 1 saturated heterocycles. The minimum absolute atomic E-state index is 0.296. The van der Waals surface area contributed by atoms with Gasteiger partial charge in [-0.15, -0.1) is 0 Å². The van der Waals surface area contributed by atoms with Crippen LogP contribution in [0, 0.1) is 5.41 Å². The first-order chi connectivity index (χ1) is 6.35. The molecular formula is C10H13BrO2. The molecule has 3 heteroatoms. The average molecular weight is 245 g/mol. The molecule has 1 unspecified atom stereocenters. The first-order valence-electron chi connectivity index (χ1n) is 4.49. The minimum atomic E-state index is 0.296. The Labute approximate surface area is 86.4 Å². The van der Waals surface area contributed by atoms with Crippen LogP contribution in [0.2, 0.25) is 0 Å². The Hall–Kier alpha value is -0.280. The number of alkyl halides is 1. The van der Waals surface area contributed by atoms with Crippen LogP contribution in [-0.2, 0) is 11.2 Å². The molecule has 0 aliphatic carbocycles. The quantitative estimate of drug-likeness (QED) is 0.764. The summed E-state index contributed by atoms with van der Waals surface area (Å²) in [6.45, 7) is 1.76. The largest absolute Gasteiger partial charge is 0.472 e. The molecule has 1 atom stereocenters. The van der Waals surface area contributed by atoms with Gasteiger partial charge in [-0.2, -0.15) is 0 Å². The van der Waals surface area contributed by atoms with Gasteiger partial charge in [0.25, 0.3) is 0 Å². The zero-order valence-corrected chi connectivity index (χ0v) is 9.05. The monoisotopic (exact) mass is 244 g/mol. The standard InChI is InChI=1S/C10H13BrO2/c11-7-10(2-4-13-8-10)5-9-1-3-12-6-9/h1,3,6H,2,4-5,7-8H2. The van der Waals surface area contributed by atoms with Crippen LogP contribution >= 0.6 is 15.9 Å². The maximum Gasteiger partial charge on any atom is 0.0934 e. The zero-order valence-electron chi connectivity index (χ0n) is 7.46. The van der Waals surface area contributed by atoms with E-state index in [2.05, 4.69) is 15.9 Å². The van der Waals surface area contributed by atoms with Gasteiger partial charge in [0.05, 0.1) is 19.1 Å². The van der Waals surface area contributed by atoms with E-state index < -0.39 is 0 Å². The van der Waals surface area contributed by atoms with Crippen LogP contribution < -0.4 is 0 Å².